The summed E-state index contributed by atoms with van der Waals surface area (Å²) in [6.07, 6.45) is 8.99. The van der Waals surface area contributed by atoms with Crippen LogP contribution in [0, 0.1) is 0 Å². The zero-order valence-corrected chi connectivity index (χ0v) is 21.0. The van der Waals surface area contributed by atoms with Gasteiger partial charge in [-0.15, -0.1) is 0 Å². The molecule has 0 saturated heterocycles. The average molecular weight is 496 g/mol. The van der Waals surface area contributed by atoms with Gasteiger partial charge in [-0.25, -0.2) is 5.43 Å². The van der Waals surface area contributed by atoms with Crippen LogP contribution >= 0.6 is 0 Å². The van der Waals surface area contributed by atoms with E-state index < -0.39 is 11.8 Å². The number of ether oxygens (including phenoxy) is 2. The minimum absolute atomic E-state index is 0.0191. The number of carbonyl (C=O) groups is 2. The molecule has 0 aliphatic carbocycles. The molecule has 0 unspecified atom stereocenters. The molecule has 0 fully saturated rings. The van der Waals surface area contributed by atoms with E-state index in [1.165, 1.54) is 7.11 Å². The van der Waals surface area contributed by atoms with Crippen LogP contribution < -0.4 is 20.2 Å². The first-order valence-corrected chi connectivity index (χ1v) is 11.5. The van der Waals surface area contributed by atoms with Crippen LogP contribution in [-0.2, 0) is 4.79 Å². The smallest absolute Gasteiger partial charge is 0.287 e. The van der Waals surface area contributed by atoms with Crippen molar-refractivity contribution in [2.75, 3.05) is 14.2 Å². The summed E-state index contributed by atoms with van der Waals surface area (Å²) in [6.45, 7) is 1.76. The third-order valence-corrected chi connectivity index (χ3v) is 5.12. The van der Waals surface area contributed by atoms with Gasteiger partial charge >= 0.3 is 0 Å². The van der Waals surface area contributed by atoms with Gasteiger partial charge in [-0.1, -0.05) is 72.8 Å². The molecule has 0 aliphatic rings. The van der Waals surface area contributed by atoms with Crippen LogP contribution in [0.3, 0.4) is 0 Å². The number of allylic oxidation sites excluding steroid dienone is 3. The first-order valence-electron chi connectivity index (χ1n) is 11.5. The number of benzene rings is 3. The Labute approximate surface area is 216 Å². The number of rotatable bonds is 10. The fraction of sp³-hybridized carbons (Fsp3) is 0.100. The second-order valence-electron chi connectivity index (χ2n) is 7.82. The summed E-state index contributed by atoms with van der Waals surface area (Å²) in [5.74, 6) is 0.0426. The maximum Gasteiger partial charge on any atom is 0.287 e. The van der Waals surface area contributed by atoms with Crippen LogP contribution in [0.1, 0.15) is 28.4 Å². The highest BCUT2D eigenvalue weighted by atomic mass is 16.5. The third-order valence-electron chi connectivity index (χ3n) is 5.12. The molecule has 0 atom stereocenters. The van der Waals surface area contributed by atoms with E-state index in [1.54, 1.807) is 68.7 Å². The summed E-state index contributed by atoms with van der Waals surface area (Å²) in [4.78, 5) is 25.8. The van der Waals surface area contributed by atoms with Crippen molar-refractivity contribution < 1.29 is 19.1 Å². The molecule has 0 spiro atoms. The van der Waals surface area contributed by atoms with Crippen molar-refractivity contribution in [3.8, 4) is 11.5 Å². The molecule has 188 valence electrons. The Bertz CT molecular complexity index is 1330. The van der Waals surface area contributed by atoms with Gasteiger partial charge in [0.1, 0.15) is 5.70 Å². The fourth-order valence-corrected chi connectivity index (χ4v) is 3.21. The Morgan fingerprint density at radius 3 is 2.16 bits per heavy atom. The van der Waals surface area contributed by atoms with Gasteiger partial charge in [-0.2, -0.15) is 5.10 Å². The second kappa shape index (κ2) is 13.8. The van der Waals surface area contributed by atoms with E-state index >= 15 is 0 Å². The van der Waals surface area contributed by atoms with Crippen molar-refractivity contribution in [1.82, 2.24) is 10.7 Å². The summed E-state index contributed by atoms with van der Waals surface area (Å²) in [7, 11) is 3.06. The van der Waals surface area contributed by atoms with Crippen molar-refractivity contribution in [2.45, 2.75) is 6.92 Å². The monoisotopic (exact) mass is 495 g/mol. The molecule has 2 amide bonds. The van der Waals surface area contributed by atoms with Crippen LogP contribution in [0.2, 0.25) is 0 Å². The summed E-state index contributed by atoms with van der Waals surface area (Å²) >= 11 is 0. The third kappa shape index (κ3) is 8.36. The highest BCUT2D eigenvalue weighted by molar-refractivity contribution is 6.05. The highest BCUT2D eigenvalue weighted by Crippen LogP contribution is 2.28. The number of amides is 2. The Hall–Kier alpha value is -4.91. The van der Waals surface area contributed by atoms with E-state index in [9.17, 15) is 9.59 Å². The molecule has 3 aromatic rings. The molecule has 0 aliphatic heterocycles. The van der Waals surface area contributed by atoms with Crippen molar-refractivity contribution in [3.05, 3.63) is 119 Å². The summed E-state index contributed by atoms with van der Waals surface area (Å²) in [5.41, 5.74) is 5.22. The molecular formula is C30H29N3O4. The normalized spacial score (nSPS) is 12.0. The van der Waals surface area contributed by atoms with Gasteiger partial charge in [0.25, 0.3) is 11.8 Å². The van der Waals surface area contributed by atoms with Gasteiger partial charge in [0.05, 0.1) is 19.9 Å². The lowest BCUT2D eigenvalue weighted by Crippen LogP contribution is -2.33. The Balaban J connectivity index is 1.78. The standard InChI is InChI=1S/C30H29N3O4/c1-22(12-10-11-15-23-13-6-4-7-14-23)32-33-30(35)26(31-29(34)25-16-8-5-9-17-25)20-24-18-19-27(36-2)28(21-24)37-3/h4-21H,1-3H3,(H,31,34)(H,33,35)/b12-10+,15-11+,26-20+,32-22+. The number of carbonyl (C=O) groups excluding carboxylic acids is 2. The molecule has 7 heteroatoms. The molecule has 0 aromatic heterocycles. The number of nitrogens with one attached hydrogen (secondary N) is 2. The molecule has 0 bridgehead atoms. The SMILES string of the molecule is COc1ccc(/C=C(/NC(=O)c2ccccc2)C(=O)N/N=C(C)/C=C/C=C/c2ccccc2)cc1OC. The van der Waals surface area contributed by atoms with Crippen molar-refractivity contribution in [1.29, 1.82) is 0 Å². The topological polar surface area (TPSA) is 89.0 Å². The fourth-order valence-electron chi connectivity index (χ4n) is 3.21. The molecule has 3 rings (SSSR count). The molecule has 0 heterocycles. The van der Waals surface area contributed by atoms with Crippen LogP contribution in [-0.4, -0.2) is 31.7 Å². The second-order valence-corrected chi connectivity index (χ2v) is 7.82. The minimum atomic E-state index is -0.577. The van der Waals surface area contributed by atoms with E-state index in [0.717, 1.165) is 5.56 Å². The van der Waals surface area contributed by atoms with E-state index in [1.807, 2.05) is 54.6 Å². The number of nitrogens with zero attached hydrogens (tertiary/aromatic N) is 1. The minimum Gasteiger partial charge on any atom is -0.493 e. The molecule has 37 heavy (non-hydrogen) atoms. The van der Waals surface area contributed by atoms with Crippen molar-refractivity contribution in [2.24, 2.45) is 5.10 Å². The van der Waals surface area contributed by atoms with Gasteiger partial charge in [-0.3, -0.25) is 9.59 Å². The van der Waals surface area contributed by atoms with E-state index in [4.69, 9.17) is 9.47 Å². The van der Waals surface area contributed by atoms with E-state index in [-0.39, 0.29) is 5.70 Å². The van der Waals surface area contributed by atoms with Gasteiger partial charge in [0.15, 0.2) is 11.5 Å². The largest absolute Gasteiger partial charge is 0.493 e. The lowest BCUT2D eigenvalue weighted by molar-refractivity contribution is -0.117. The number of hydrazone groups is 1. The maximum atomic E-state index is 13.0. The quantitative estimate of drug-likeness (QED) is 0.174. The number of hydrogen-bond donors (Lipinski definition) is 2. The molecule has 0 radical (unpaired) electrons. The van der Waals surface area contributed by atoms with Gasteiger partial charge in [-0.05, 0) is 54.5 Å². The van der Waals surface area contributed by atoms with Gasteiger partial charge in [0.2, 0.25) is 0 Å². The van der Waals surface area contributed by atoms with Gasteiger partial charge < -0.3 is 14.8 Å². The molecule has 2 N–H and O–H groups in total. The molecule has 0 saturated carbocycles. The molecule has 7 nitrogen and oxygen atoms in total. The average Bonchev–Trinajstić information content (AvgIpc) is 2.94. The first kappa shape index (κ1) is 26.7. The van der Waals surface area contributed by atoms with Crippen LogP contribution in [0.15, 0.2) is 108 Å². The predicted molar refractivity (Wildman–Crippen MR) is 147 cm³/mol. The van der Waals surface area contributed by atoms with E-state index in [0.29, 0.717) is 28.3 Å². The van der Waals surface area contributed by atoms with Crippen LogP contribution in [0.5, 0.6) is 11.5 Å². The van der Waals surface area contributed by atoms with Crippen molar-refractivity contribution >= 4 is 29.7 Å². The number of methoxy groups -OCH3 is 2. The predicted octanol–water partition coefficient (Wildman–Crippen LogP) is 5.24. The highest BCUT2D eigenvalue weighted by Gasteiger charge is 2.15. The Kier molecular flexibility index (Phi) is 9.99. The summed E-state index contributed by atoms with van der Waals surface area (Å²) in [6, 6.07) is 23.7. The summed E-state index contributed by atoms with van der Waals surface area (Å²) in [5, 5.41) is 6.81. The lowest BCUT2D eigenvalue weighted by Gasteiger charge is -2.11. The zero-order valence-electron chi connectivity index (χ0n) is 21.0. The van der Waals surface area contributed by atoms with E-state index in [2.05, 4.69) is 15.8 Å². The van der Waals surface area contributed by atoms with Crippen LogP contribution in [0.25, 0.3) is 12.2 Å². The number of hydrogen-bond acceptors (Lipinski definition) is 5. The maximum absolute atomic E-state index is 13.0. The molecular weight excluding hydrogens is 466 g/mol. The first-order chi connectivity index (χ1) is 18.0. The molecule has 3 aromatic carbocycles. The summed E-state index contributed by atoms with van der Waals surface area (Å²) < 4.78 is 10.6. The lowest BCUT2D eigenvalue weighted by atomic mass is 10.1. The Morgan fingerprint density at radius 1 is 0.811 bits per heavy atom. The van der Waals surface area contributed by atoms with Gasteiger partial charge in [0, 0.05) is 5.56 Å². The zero-order chi connectivity index (χ0) is 26.5. The van der Waals surface area contributed by atoms with Crippen LogP contribution in [0.4, 0.5) is 0 Å². The van der Waals surface area contributed by atoms with Crippen molar-refractivity contribution in [3.63, 3.8) is 0 Å². The Morgan fingerprint density at radius 2 is 1.49 bits per heavy atom.